The van der Waals surface area contributed by atoms with Gasteiger partial charge in [0, 0.05) is 0 Å². The Morgan fingerprint density at radius 1 is 0.561 bits per heavy atom. The Morgan fingerprint density at radius 2 is 0.895 bits per heavy atom. The van der Waals surface area contributed by atoms with E-state index in [0.29, 0.717) is 0 Å². The number of nitrogens with two attached hydrogens (primary N) is 2. The van der Waals surface area contributed by atoms with E-state index in [9.17, 15) is 58.3 Å². The number of hydrogen-bond donors (Lipinski definition) is 14. The second-order valence-electron chi connectivity index (χ2n) is 11.0. The molecule has 2 aliphatic heterocycles. The highest BCUT2D eigenvalue weighted by molar-refractivity contribution is 7.69. The molecule has 24 N–H and O–H groups in total. The minimum atomic E-state index is -6.19. The zero-order chi connectivity index (χ0) is 38.7. The molecule has 0 spiro atoms. The molecule has 6 rings (SSSR count). The van der Waals surface area contributed by atoms with Crippen molar-refractivity contribution >= 4 is 65.3 Å². The molecular weight excluding hydrogens is 864 g/mol. The highest BCUT2D eigenvalue weighted by Gasteiger charge is 2.50. The third kappa shape index (κ3) is 10.7. The van der Waals surface area contributed by atoms with Crippen molar-refractivity contribution in [2.75, 3.05) is 24.7 Å². The number of aliphatic hydroxyl groups is 4. The maximum Gasteiger partial charge on any atom is 0.490 e. The summed E-state index contributed by atoms with van der Waals surface area (Å²) in [5.74, 6) is -0.0284. The van der Waals surface area contributed by atoms with Gasteiger partial charge in [0.25, 0.3) is 0 Å². The molecule has 4 aromatic heterocycles. The van der Waals surface area contributed by atoms with Gasteiger partial charge in [0.15, 0.2) is 35.4 Å². The van der Waals surface area contributed by atoms with Gasteiger partial charge in [0.05, 0.1) is 25.9 Å². The van der Waals surface area contributed by atoms with E-state index in [2.05, 4.69) is 51.9 Å². The molecule has 4 aromatic rings. The summed E-state index contributed by atoms with van der Waals surface area (Å²) >= 11 is 0. The van der Waals surface area contributed by atoms with Crippen LogP contribution in [0.4, 0.5) is 11.6 Å². The quantitative estimate of drug-likeness (QED) is 0.0621. The Kier molecular flexibility index (Phi) is 16.2. The Labute approximate surface area is 317 Å². The first kappa shape index (κ1) is 50.0. The number of aliphatic hydroxyl groups excluding tert-OH is 4. The van der Waals surface area contributed by atoms with Gasteiger partial charge in [-0.1, -0.05) is 0 Å². The van der Waals surface area contributed by atoms with Crippen LogP contribution >= 0.6 is 31.3 Å². The van der Waals surface area contributed by atoms with Gasteiger partial charge in [-0.2, -0.15) is 12.9 Å². The van der Waals surface area contributed by atoms with Crippen molar-refractivity contribution in [1.29, 1.82) is 0 Å². The number of imidazole rings is 2. The molecule has 2 saturated heterocycles. The van der Waals surface area contributed by atoms with E-state index in [-0.39, 0.29) is 58.6 Å². The number of fused-ring (bicyclic) bond motifs is 2. The van der Waals surface area contributed by atoms with Crippen molar-refractivity contribution in [3.05, 3.63) is 25.3 Å². The molecule has 324 valence electrons. The fourth-order valence-corrected chi connectivity index (χ4v) is 10.1. The number of nitrogen functional groups attached to an aromatic ring is 2. The normalized spacial score (nSPS) is 28.8. The monoisotopic (exact) mass is 904 g/mol. The molecule has 6 heterocycles. The van der Waals surface area contributed by atoms with E-state index in [0.717, 1.165) is 34.4 Å². The maximum absolute atomic E-state index is 12.4. The number of hydrogen-bond acceptors (Lipinski definition) is 27. The average Bonchev–Trinajstić information content (AvgIpc) is 3.80. The van der Waals surface area contributed by atoms with E-state index in [1.807, 2.05) is 0 Å². The highest BCUT2D eigenvalue weighted by atomic mass is 31.3. The van der Waals surface area contributed by atoms with Crippen LogP contribution in [0, 0.1) is 0 Å². The zero-order valence-corrected chi connectivity index (χ0v) is 32.3. The Morgan fingerprint density at radius 3 is 1.25 bits per heavy atom. The van der Waals surface area contributed by atoms with Crippen molar-refractivity contribution in [1.82, 2.24) is 63.6 Å². The maximum atomic E-state index is 12.4. The largest absolute Gasteiger partial charge is 0.490 e. The molecule has 0 aromatic carbocycles. The first-order valence-electron chi connectivity index (χ1n) is 14.3. The molecular formula is C20H40N14O19P4. The van der Waals surface area contributed by atoms with Crippen LogP contribution < -0.4 is 36.1 Å². The first-order chi connectivity index (χ1) is 24.7. The van der Waals surface area contributed by atoms with Crippen LogP contribution in [0.15, 0.2) is 25.3 Å². The Bertz CT molecular complexity index is 2050. The van der Waals surface area contributed by atoms with Crippen molar-refractivity contribution in [3.63, 3.8) is 0 Å². The molecule has 0 bridgehead atoms. The molecule has 57 heavy (non-hydrogen) atoms. The lowest BCUT2D eigenvalue weighted by atomic mass is 10.1. The number of phosphoric acid groups is 4. The van der Waals surface area contributed by atoms with Gasteiger partial charge in [-0.3, -0.25) is 18.2 Å². The van der Waals surface area contributed by atoms with E-state index in [4.69, 9.17) is 20.9 Å². The topological polar surface area (TPSA) is 574 Å². The highest BCUT2D eigenvalue weighted by Crippen LogP contribution is 2.71. The van der Waals surface area contributed by atoms with Crippen LogP contribution in [-0.2, 0) is 49.7 Å². The third-order valence-corrected chi connectivity index (χ3v) is 13.3. The van der Waals surface area contributed by atoms with E-state index in [1.165, 1.54) is 0 Å². The van der Waals surface area contributed by atoms with Gasteiger partial charge < -0.3 is 85.5 Å². The summed E-state index contributed by atoms with van der Waals surface area (Å²) in [6.45, 7) is -2.22. The van der Waals surface area contributed by atoms with Gasteiger partial charge in [-0.05, 0) is 0 Å². The Hall–Kier alpha value is -3.14. The van der Waals surface area contributed by atoms with Gasteiger partial charge in [0.1, 0.15) is 60.3 Å². The summed E-state index contributed by atoms with van der Waals surface area (Å²) in [6.07, 6.45) is -8.58. The molecule has 6 unspecified atom stereocenters. The van der Waals surface area contributed by atoms with Crippen molar-refractivity contribution < 1.29 is 89.7 Å². The van der Waals surface area contributed by atoms with Crippen LogP contribution in [-0.4, -0.2) is 129 Å². The van der Waals surface area contributed by atoms with Crippen molar-refractivity contribution in [2.45, 2.75) is 49.1 Å². The third-order valence-electron chi connectivity index (χ3n) is 7.42. The molecule has 0 radical (unpaired) electrons. The molecule has 12 atom stereocenters. The van der Waals surface area contributed by atoms with Crippen LogP contribution in [0.2, 0.25) is 0 Å². The predicted octanol–water partition coefficient (Wildman–Crippen LogP) is -1.80. The van der Waals surface area contributed by atoms with E-state index >= 15 is 0 Å². The number of ether oxygens (including phenoxy) is 2. The van der Waals surface area contributed by atoms with E-state index in [1.54, 1.807) is 0 Å². The van der Waals surface area contributed by atoms with Crippen molar-refractivity contribution in [3.8, 4) is 0 Å². The first-order valence-corrected chi connectivity index (χ1v) is 20.3. The average molecular weight is 905 g/mol. The molecule has 37 heteroatoms. The van der Waals surface area contributed by atoms with Crippen LogP contribution in [0.5, 0.6) is 0 Å². The SMILES string of the molecule is N.N.N.N.Nc1ncnc2c1ncn2[C@@H]1O[C@H](COP(=O)(O)OP(=O)(O)OP(=O)(O)OP(=O)(O)OC[C@H]2O[C@@H](n3cnc4c(N)ncnc43)[C@@H](O)C2O)[C@H](O)C1O. The van der Waals surface area contributed by atoms with Crippen LogP contribution in [0.1, 0.15) is 12.5 Å². The lowest BCUT2D eigenvalue weighted by molar-refractivity contribution is -0.0505. The summed E-state index contributed by atoms with van der Waals surface area (Å²) in [6, 6.07) is 0. The standard InChI is InChI=1S/C20H28N10O19P4.4H3N/c21-15-9-17(25-3-23-15)29(5-27-9)19-13(33)11(31)7(45-19)1-43-50(35,36)47-52(39,40)49-53(41,42)48-51(37,38)44-2-8-12(32)14(34)20(46-8)30-6-28-10-16(22)24-4-26-18(10)30;;;;/h3-8,11-14,19-20,31-34H,1-2H2,(H,35,36)(H,37,38)(H,39,40)(H,41,42)(H2,21,23,25)(H2,22,24,26);4*1H3/t7-,8-,11+,12?,13?,14+,19-,20-;;;;/m1..../s1. The van der Waals surface area contributed by atoms with E-state index < -0.39 is 93.6 Å². The number of rotatable bonds is 14. The minimum Gasteiger partial charge on any atom is -0.387 e. The second kappa shape index (κ2) is 18.4. The lowest BCUT2D eigenvalue weighted by Gasteiger charge is -2.21. The fourth-order valence-electron chi connectivity index (χ4n) is 5.11. The molecule has 0 aliphatic carbocycles. The smallest absolute Gasteiger partial charge is 0.387 e. The molecule has 33 nitrogen and oxygen atoms in total. The number of phosphoric ester groups is 2. The van der Waals surface area contributed by atoms with Crippen molar-refractivity contribution in [2.24, 2.45) is 0 Å². The van der Waals surface area contributed by atoms with Gasteiger partial charge >= 0.3 is 31.3 Å². The predicted molar refractivity (Wildman–Crippen MR) is 186 cm³/mol. The van der Waals surface area contributed by atoms with Gasteiger partial charge in [-0.25, -0.2) is 48.2 Å². The number of aromatic nitrogens is 8. The molecule has 2 fully saturated rings. The summed E-state index contributed by atoms with van der Waals surface area (Å²) in [7, 11) is -23.9. The summed E-state index contributed by atoms with van der Waals surface area (Å²) < 4.78 is 83.4. The summed E-state index contributed by atoms with van der Waals surface area (Å²) in [4.78, 5) is 63.0. The second-order valence-corrected chi connectivity index (χ2v) is 17.2. The number of nitrogens with zero attached hydrogens (tertiary/aromatic N) is 8. The molecule has 0 amide bonds. The lowest BCUT2D eigenvalue weighted by Crippen LogP contribution is -2.33. The number of anilines is 2. The minimum absolute atomic E-state index is 0. The summed E-state index contributed by atoms with van der Waals surface area (Å²) in [5, 5.41) is 41.8. The summed E-state index contributed by atoms with van der Waals surface area (Å²) in [5.41, 5.74) is 11.9. The van der Waals surface area contributed by atoms with Crippen LogP contribution in [0.3, 0.4) is 0 Å². The van der Waals surface area contributed by atoms with Gasteiger partial charge in [0.2, 0.25) is 0 Å². The zero-order valence-electron chi connectivity index (χ0n) is 28.8. The van der Waals surface area contributed by atoms with Gasteiger partial charge in [-0.15, -0.1) is 0 Å². The van der Waals surface area contributed by atoms with Crippen LogP contribution in [0.25, 0.3) is 22.3 Å². The molecule has 0 saturated carbocycles. The Balaban J connectivity index is 0.00000280. The molecule has 2 aliphatic rings. The fraction of sp³-hybridized carbons (Fsp3) is 0.500.